The summed E-state index contributed by atoms with van der Waals surface area (Å²) in [7, 11) is 0. The number of esters is 1. The predicted molar refractivity (Wildman–Crippen MR) is 121 cm³/mol. The summed E-state index contributed by atoms with van der Waals surface area (Å²) in [4.78, 5) is 37.6. The SMILES string of the molecule is CCOC(=O)c1cc(C2CC2)c2c(C)c(C3(CNC(=O)OC(C)(C)C)CC3)c(F)cn2c1=O. The number of ether oxygens (including phenoxy) is 2. The van der Waals surface area contributed by atoms with Gasteiger partial charge in [0.1, 0.15) is 17.0 Å². The Morgan fingerprint density at radius 3 is 2.48 bits per heavy atom. The zero-order chi connectivity index (χ0) is 24.1. The molecule has 0 aromatic carbocycles. The Morgan fingerprint density at radius 2 is 1.94 bits per heavy atom. The number of fused-ring (bicyclic) bond motifs is 1. The van der Waals surface area contributed by atoms with E-state index >= 15 is 4.39 Å². The third-order valence-corrected chi connectivity index (χ3v) is 6.34. The van der Waals surface area contributed by atoms with Gasteiger partial charge < -0.3 is 14.8 Å². The average Bonchev–Trinajstić information content (AvgIpc) is 3.61. The molecule has 0 spiro atoms. The van der Waals surface area contributed by atoms with E-state index in [0.717, 1.165) is 31.2 Å². The first-order valence-corrected chi connectivity index (χ1v) is 11.5. The lowest BCUT2D eigenvalue weighted by Gasteiger charge is -2.24. The van der Waals surface area contributed by atoms with Crippen molar-refractivity contribution in [1.82, 2.24) is 9.72 Å². The van der Waals surface area contributed by atoms with E-state index in [1.807, 2.05) is 6.92 Å². The molecular formula is C25H31FN2O5. The molecule has 0 atom stereocenters. The summed E-state index contributed by atoms with van der Waals surface area (Å²) < 4.78 is 27.1. The predicted octanol–water partition coefficient (Wildman–Crippen LogP) is 4.36. The van der Waals surface area contributed by atoms with Crippen LogP contribution in [0.4, 0.5) is 9.18 Å². The van der Waals surface area contributed by atoms with Crippen molar-refractivity contribution in [2.75, 3.05) is 13.2 Å². The van der Waals surface area contributed by atoms with Gasteiger partial charge in [-0.15, -0.1) is 0 Å². The van der Waals surface area contributed by atoms with Gasteiger partial charge in [0.15, 0.2) is 0 Å². The van der Waals surface area contributed by atoms with Crippen molar-refractivity contribution in [3.05, 3.63) is 50.7 Å². The highest BCUT2D eigenvalue weighted by Crippen LogP contribution is 2.51. The third-order valence-electron chi connectivity index (χ3n) is 6.34. The molecule has 0 aliphatic heterocycles. The minimum Gasteiger partial charge on any atom is -0.462 e. The molecule has 2 heterocycles. The molecule has 1 amide bonds. The van der Waals surface area contributed by atoms with Gasteiger partial charge in [-0.1, -0.05) is 0 Å². The molecule has 33 heavy (non-hydrogen) atoms. The van der Waals surface area contributed by atoms with Crippen LogP contribution >= 0.6 is 0 Å². The van der Waals surface area contributed by atoms with Crippen LogP contribution in [-0.2, 0) is 14.9 Å². The number of hydrogen-bond donors (Lipinski definition) is 1. The fourth-order valence-electron chi connectivity index (χ4n) is 4.59. The van der Waals surface area contributed by atoms with Crippen molar-refractivity contribution in [1.29, 1.82) is 0 Å². The smallest absolute Gasteiger partial charge is 0.407 e. The van der Waals surface area contributed by atoms with Crippen molar-refractivity contribution in [3.8, 4) is 0 Å². The molecule has 0 unspecified atom stereocenters. The van der Waals surface area contributed by atoms with Crippen LogP contribution in [0.15, 0.2) is 17.1 Å². The van der Waals surface area contributed by atoms with Crippen LogP contribution < -0.4 is 10.9 Å². The molecule has 8 heteroatoms. The monoisotopic (exact) mass is 458 g/mol. The van der Waals surface area contributed by atoms with Gasteiger partial charge in [-0.3, -0.25) is 9.20 Å². The first-order chi connectivity index (χ1) is 15.5. The standard InChI is InChI=1S/C25H31FN2O5/c1-6-32-22(30)17-11-16(15-7-8-15)20-14(2)19(18(26)12-28(20)21(17)29)25(9-10-25)13-27-23(31)33-24(3,4)5/h11-12,15H,6-10,13H2,1-5H3,(H,27,31). The van der Waals surface area contributed by atoms with E-state index in [4.69, 9.17) is 9.47 Å². The summed E-state index contributed by atoms with van der Waals surface area (Å²) in [5.74, 6) is -0.990. The number of aromatic nitrogens is 1. The first-order valence-electron chi connectivity index (χ1n) is 11.5. The Kier molecular flexibility index (Phi) is 5.75. The maximum Gasteiger partial charge on any atom is 0.407 e. The lowest BCUT2D eigenvalue weighted by Crippen LogP contribution is -2.37. The summed E-state index contributed by atoms with van der Waals surface area (Å²) in [5.41, 5.74) is 0.888. The fraction of sp³-hybridized carbons (Fsp3) is 0.560. The van der Waals surface area contributed by atoms with Gasteiger partial charge in [0.2, 0.25) is 0 Å². The largest absolute Gasteiger partial charge is 0.462 e. The number of halogens is 1. The Bertz CT molecular complexity index is 1190. The highest BCUT2D eigenvalue weighted by atomic mass is 19.1. The van der Waals surface area contributed by atoms with Gasteiger partial charge >= 0.3 is 12.1 Å². The molecule has 7 nitrogen and oxygen atoms in total. The molecule has 0 saturated heterocycles. The average molecular weight is 459 g/mol. The van der Waals surface area contributed by atoms with Gasteiger partial charge in [0.25, 0.3) is 5.56 Å². The number of aryl methyl sites for hydroxylation is 1. The van der Waals surface area contributed by atoms with Gasteiger partial charge in [-0.2, -0.15) is 0 Å². The Balaban J connectivity index is 1.78. The van der Waals surface area contributed by atoms with Crippen LogP contribution in [0.25, 0.3) is 5.52 Å². The molecule has 4 rings (SSSR count). The van der Waals surface area contributed by atoms with Gasteiger partial charge in [-0.25, -0.2) is 14.0 Å². The van der Waals surface area contributed by atoms with Crippen molar-refractivity contribution < 1.29 is 23.5 Å². The second kappa shape index (κ2) is 8.15. The van der Waals surface area contributed by atoms with E-state index in [-0.39, 0.29) is 24.6 Å². The second-order valence-corrected chi connectivity index (χ2v) is 10.1. The van der Waals surface area contributed by atoms with E-state index in [9.17, 15) is 14.4 Å². The molecule has 0 bridgehead atoms. The molecule has 2 fully saturated rings. The number of alkyl carbamates (subject to hydrolysis) is 1. The number of nitrogens with one attached hydrogen (secondary N) is 1. The summed E-state index contributed by atoms with van der Waals surface area (Å²) in [6, 6.07) is 1.63. The molecule has 178 valence electrons. The second-order valence-electron chi connectivity index (χ2n) is 10.1. The first kappa shape index (κ1) is 23.3. The maximum atomic E-state index is 15.5. The van der Waals surface area contributed by atoms with Crippen molar-refractivity contribution in [2.24, 2.45) is 0 Å². The summed E-state index contributed by atoms with van der Waals surface area (Å²) >= 11 is 0. The molecule has 0 radical (unpaired) electrons. The number of carbonyl (C=O) groups excluding carboxylic acids is 2. The van der Waals surface area contributed by atoms with Gasteiger partial charge in [-0.05, 0) is 83.4 Å². The number of nitrogens with zero attached hydrogens (tertiary/aromatic N) is 1. The lowest BCUT2D eigenvalue weighted by molar-refractivity contribution is 0.0513. The van der Waals surface area contributed by atoms with E-state index < -0.39 is 34.5 Å². The third kappa shape index (κ3) is 4.48. The Morgan fingerprint density at radius 1 is 1.27 bits per heavy atom. The zero-order valence-corrected chi connectivity index (χ0v) is 19.8. The van der Waals surface area contributed by atoms with E-state index in [1.165, 1.54) is 10.6 Å². The summed E-state index contributed by atoms with van der Waals surface area (Å²) in [6.45, 7) is 9.25. The van der Waals surface area contributed by atoms with Gasteiger partial charge in [0.05, 0.1) is 12.1 Å². The highest BCUT2D eigenvalue weighted by Gasteiger charge is 2.48. The molecule has 2 aromatic rings. The number of pyridine rings is 2. The van der Waals surface area contributed by atoms with E-state index in [1.54, 1.807) is 33.8 Å². The number of amides is 1. The molecule has 2 saturated carbocycles. The van der Waals surface area contributed by atoms with Crippen LogP contribution in [0.3, 0.4) is 0 Å². The molecule has 2 aliphatic rings. The number of hydrogen-bond acceptors (Lipinski definition) is 5. The van der Waals surface area contributed by atoms with Crippen molar-refractivity contribution >= 4 is 17.6 Å². The van der Waals surface area contributed by atoms with Crippen LogP contribution in [0.5, 0.6) is 0 Å². The minimum absolute atomic E-state index is 0.0736. The van der Waals surface area contributed by atoms with Crippen LogP contribution in [0.1, 0.15) is 86.3 Å². The topological polar surface area (TPSA) is 86.1 Å². The highest BCUT2D eigenvalue weighted by molar-refractivity contribution is 5.90. The summed E-state index contributed by atoms with van der Waals surface area (Å²) in [6.07, 6.45) is 3.99. The van der Waals surface area contributed by atoms with Crippen molar-refractivity contribution in [3.63, 3.8) is 0 Å². The zero-order valence-electron chi connectivity index (χ0n) is 19.8. The lowest BCUT2D eigenvalue weighted by atomic mass is 9.89. The number of rotatable bonds is 6. The Labute approximate surface area is 192 Å². The van der Waals surface area contributed by atoms with Gasteiger partial charge in [0, 0.05) is 23.7 Å². The van der Waals surface area contributed by atoms with Crippen LogP contribution in [0.2, 0.25) is 0 Å². The van der Waals surface area contributed by atoms with E-state index in [0.29, 0.717) is 16.6 Å². The minimum atomic E-state index is -0.693. The summed E-state index contributed by atoms with van der Waals surface area (Å²) in [5, 5.41) is 2.78. The maximum absolute atomic E-state index is 15.5. The number of carbonyl (C=O) groups is 2. The fourth-order valence-corrected chi connectivity index (χ4v) is 4.59. The molecular weight excluding hydrogens is 427 g/mol. The Hall–Kier alpha value is -2.90. The molecule has 2 aromatic heterocycles. The quantitative estimate of drug-likeness (QED) is 0.650. The molecule has 2 aliphatic carbocycles. The molecule has 1 N–H and O–H groups in total. The van der Waals surface area contributed by atoms with E-state index in [2.05, 4.69) is 5.32 Å². The van der Waals surface area contributed by atoms with Crippen molar-refractivity contribution in [2.45, 2.75) is 77.2 Å². The van der Waals surface area contributed by atoms with Crippen LogP contribution in [-0.4, -0.2) is 35.2 Å². The normalized spacial score (nSPS) is 17.0. The van der Waals surface area contributed by atoms with Crippen LogP contribution in [0, 0.1) is 12.7 Å².